The molecule has 0 aliphatic carbocycles. The Bertz CT molecular complexity index is 939. The summed E-state index contributed by atoms with van der Waals surface area (Å²) in [5.74, 6) is -0.0969. The van der Waals surface area contributed by atoms with Gasteiger partial charge in [0.25, 0.3) is 17.5 Å². The van der Waals surface area contributed by atoms with Crippen molar-refractivity contribution >= 4 is 23.2 Å². The maximum absolute atomic E-state index is 13.1. The monoisotopic (exact) mass is 397 g/mol. The quantitative estimate of drug-likeness (QED) is 0.579. The Morgan fingerprint density at radius 1 is 1.03 bits per heavy atom. The van der Waals surface area contributed by atoms with Crippen molar-refractivity contribution in [3.05, 3.63) is 64.2 Å². The summed E-state index contributed by atoms with van der Waals surface area (Å²) in [6.45, 7) is 1.97. The molecule has 0 aromatic heterocycles. The first kappa shape index (κ1) is 18.9. The molecule has 0 spiro atoms. The number of anilines is 1. The molecule has 4 rings (SSSR count). The second-order valence-corrected chi connectivity index (χ2v) is 6.73. The van der Waals surface area contributed by atoms with Crippen LogP contribution in [0.25, 0.3) is 0 Å². The maximum atomic E-state index is 13.1. The van der Waals surface area contributed by atoms with Gasteiger partial charge in [0.1, 0.15) is 5.75 Å². The van der Waals surface area contributed by atoms with Crippen molar-refractivity contribution < 1.29 is 24.0 Å². The number of hydrogen-bond donors (Lipinski definition) is 0. The van der Waals surface area contributed by atoms with Crippen molar-refractivity contribution in [1.29, 1.82) is 0 Å². The van der Waals surface area contributed by atoms with E-state index in [1.165, 1.54) is 29.2 Å². The molecule has 0 radical (unpaired) electrons. The fraction of sp³-hybridized carbons (Fsp3) is 0.300. The number of nitro benzene ring substituents is 1. The predicted octanol–water partition coefficient (Wildman–Crippen LogP) is 1.86. The molecule has 0 bridgehead atoms. The van der Waals surface area contributed by atoms with Crippen LogP contribution in [0.15, 0.2) is 48.5 Å². The number of nitro groups is 1. The molecule has 9 nitrogen and oxygen atoms in total. The number of morpholine rings is 1. The van der Waals surface area contributed by atoms with Crippen molar-refractivity contribution in [2.75, 3.05) is 37.7 Å². The molecular weight excluding hydrogens is 378 g/mol. The van der Waals surface area contributed by atoms with E-state index in [-0.39, 0.29) is 24.0 Å². The third-order valence-electron chi connectivity index (χ3n) is 4.94. The number of ether oxygens (including phenoxy) is 2. The molecule has 1 saturated heterocycles. The number of para-hydroxylation sites is 2. The highest BCUT2D eigenvalue weighted by molar-refractivity contribution is 6.08. The van der Waals surface area contributed by atoms with Gasteiger partial charge >= 0.3 is 0 Å². The van der Waals surface area contributed by atoms with E-state index in [9.17, 15) is 19.7 Å². The van der Waals surface area contributed by atoms with Gasteiger partial charge in [0.2, 0.25) is 0 Å². The molecule has 2 aliphatic rings. The number of amides is 2. The second kappa shape index (κ2) is 7.88. The van der Waals surface area contributed by atoms with Gasteiger partial charge in [-0.05, 0) is 24.3 Å². The first-order valence-electron chi connectivity index (χ1n) is 9.23. The Labute approximate surface area is 166 Å². The topological polar surface area (TPSA) is 102 Å². The zero-order valence-corrected chi connectivity index (χ0v) is 15.5. The average Bonchev–Trinajstić information content (AvgIpc) is 2.78. The zero-order valence-electron chi connectivity index (χ0n) is 15.5. The number of carbonyl (C=O) groups is 2. The van der Waals surface area contributed by atoms with Crippen LogP contribution >= 0.6 is 0 Å². The van der Waals surface area contributed by atoms with Crippen LogP contribution in [0.3, 0.4) is 0 Å². The van der Waals surface area contributed by atoms with Crippen LogP contribution in [0.2, 0.25) is 0 Å². The standard InChI is InChI=1S/C20H19N3O6/c24-19(14-5-7-15(8-6-14)23(26)27)22-13-18(20(25)21-9-11-28-12-10-21)29-17-4-2-1-3-16(17)22/h1-8,18H,9-13H2. The van der Waals surface area contributed by atoms with Gasteiger partial charge < -0.3 is 19.3 Å². The molecule has 2 amide bonds. The Morgan fingerprint density at radius 2 is 1.72 bits per heavy atom. The molecule has 2 heterocycles. The van der Waals surface area contributed by atoms with Crippen LogP contribution in [0, 0.1) is 10.1 Å². The highest BCUT2D eigenvalue weighted by Gasteiger charge is 2.36. The predicted molar refractivity (Wildman–Crippen MR) is 103 cm³/mol. The molecule has 29 heavy (non-hydrogen) atoms. The third kappa shape index (κ3) is 3.77. The smallest absolute Gasteiger partial charge is 0.269 e. The summed E-state index contributed by atoms with van der Waals surface area (Å²) in [6, 6.07) is 12.4. The van der Waals surface area contributed by atoms with Gasteiger partial charge in [-0.1, -0.05) is 12.1 Å². The van der Waals surface area contributed by atoms with E-state index in [0.717, 1.165) is 0 Å². The van der Waals surface area contributed by atoms with Crippen molar-refractivity contribution in [2.45, 2.75) is 6.10 Å². The lowest BCUT2D eigenvalue weighted by molar-refractivity contribution is -0.384. The first-order valence-corrected chi connectivity index (χ1v) is 9.23. The van der Waals surface area contributed by atoms with Crippen LogP contribution in [-0.2, 0) is 9.53 Å². The second-order valence-electron chi connectivity index (χ2n) is 6.73. The van der Waals surface area contributed by atoms with E-state index in [1.54, 1.807) is 29.2 Å². The van der Waals surface area contributed by atoms with E-state index in [2.05, 4.69) is 0 Å². The van der Waals surface area contributed by atoms with Crippen molar-refractivity contribution in [3.63, 3.8) is 0 Å². The number of rotatable bonds is 3. The Kier molecular flexibility index (Phi) is 5.13. The van der Waals surface area contributed by atoms with Crippen LogP contribution in [0.1, 0.15) is 10.4 Å². The first-order chi connectivity index (χ1) is 14.0. The summed E-state index contributed by atoms with van der Waals surface area (Å²) in [7, 11) is 0. The summed E-state index contributed by atoms with van der Waals surface area (Å²) in [5, 5.41) is 10.9. The fourth-order valence-corrected chi connectivity index (χ4v) is 3.42. The lowest BCUT2D eigenvalue weighted by atomic mass is 10.1. The van der Waals surface area contributed by atoms with Gasteiger partial charge in [0.15, 0.2) is 6.10 Å². The summed E-state index contributed by atoms with van der Waals surface area (Å²) >= 11 is 0. The summed E-state index contributed by atoms with van der Waals surface area (Å²) in [5.41, 5.74) is 0.760. The van der Waals surface area contributed by atoms with Crippen molar-refractivity contribution in [2.24, 2.45) is 0 Å². The highest BCUT2D eigenvalue weighted by atomic mass is 16.6. The number of fused-ring (bicyclic) bond motifs is 1. The Morgan fingerprint density at radius 3 is 2.41 bits per heavy atom. The summed E-state index contributed by atoms with van der Waals surface area (Å²) < 4.78 is 11.2. The molecule has 9 heteroatoms. The normalized spacial score (nSPS) is 18.6. The maximum Gasteiger partial charge on any atom is 0.269 e. The number of nitrogens with zero attached hydrogens (tertiary/aromatic N) is 3. The molecule has 1 atom stereocenters. The van der Waals surface area contributed by atoms with E-state index < -0.39 is 11.0 Å². The van der Waals surface area contributed by atoms with Gasteiger partial charge in [-0.25, -0.2) is 0 Å². The van der Waals surface area contributed by atoms with Crippen molar-refractivity contribution in [1.82, 2.24) is 4.90 Å². The number of benzene rings is 2. The van der Waals surface area contributed by atoms with E-state index in [0.29, 0.717) is 43.3 Å². The van der Waals surface area contributed by atoms with E-state index >= 15 is 0 Å². The lowest BCUT2D eigenvalue weighted by Crippen LogP contribution is -2.54. The molecule has 0 N–H and O–H groups in total. The summed E-state index contributed by atoms with van der Waals surface area (Å²) in [6.07, 6.45) is -0.829. The average molecular weight is 397 g/mol. The van der Waals surface area contributed by atoms with Crippen LogP contribution in [-0.4, -0.2) is 60.6 Å². The molecule has 0 saturated carbocycles. The number of hydrogen-bond acceptors (Lipinski definition) is 6. The van der Waals surface area contributed by atoms with Gasteiger partial charge in [-0.3, -0.25) is 19.7 Å². The Hall–Kier alpha value is -3.46. The fourth-order valence-electron chi connectivity index (χ4n) is 3.42. The minimum atomic E-state index is -0.829. The SMILES string of the molecule is O=C(C1CN(C(=O)c2ccc([N+](=O)[O-])cc2)c2ccccc2O1)N1CCOCC1. The van der Waals surface area contributed by atoms with E-state index in [4.69, 9.17) is 9.47 Å². The molecule has 1 unspecified atom stereocenters. The van der Waals surface area contributed by atoms with Crippen LogP contribution < -0.4 is 9.64 Å². The lowest BCUT2D eigenvalue weighted by Gasteiger charge is -2.37. The van der Waals surface area contributed by atoms with Gasteiger partial charge in [0, 0.05) is 30.8 Å². The van der Waals surface area contributed by atoms with Gasteiger partial charge in [0.05, 0.1) is 30.4 Å². The minimum Gasteiger partial charge on any atom is -0.476 e. The zero-order chi connectivity index (χ0) is 20.4. The number of non-ortho nitro benzene ring substituents is 1. The number of carbonyl (C=O) groups excluding carboxylic acids is 2. The highest BCUT2D eigenvalue weighted by Crippen LogP contribution is 2.34. The third-order valence-corrected chi connectivity index (χ3v) is 4.94. The molecule has 1 fully saturated rings. The molecule has 2 aromatic rings. The molecule has 2 aliphatic heterocycles. The molecular formula is C20H19N3O6. The Balaban J connectivity index is 1.61. The van der Waals surface area contributed by atoms with E-state index in [1.807, 2.05) is 0 Å². The summed E-state index contributed by atoms with van der Waals surface area (Å²) in [4.78, 5) is 39.6. The van der Waals surface area contributed by atoms with Gasteiger partial charge in [-0.15, -0.1) is 0 Å². The minimum absolute atomic E-state index is 0.0586. The van der Waals surface area contributed by atoms with Crippen molar-refractivity contribution in [3.8, 4) is 5.75 Å². The largest absolute Gasteiger partial charge is 0.476 e. The van der Waals surface area contributed by atoms with Gasteiger partial charge in [-0.2, -0.15) is 0 Å². The van der Waals surface area contributed by atoms with Crippen LogP contribution in [0.4, 0.5) is 11.4 Å². The van der Waals surface area contributed by atoms with Crippen LogP contribution in [0.5, 0.6) is 5.75 Å². The molecule has 150 valence electrons. The molecule has 2 aromatic carbocycles.